The Morgan fingerprint density at radius 2 is 1.83 bits per heavy atom. The number of rotatable bonds is 6. The lowest BCUT2D eigenvalue weighted by Crippen LogP contribution is -2.44. The predicted molar refractivity (Wildman–Crippen MR) is 153 cm³/mol. The fourth-order valence-electron chi connectivity index (χ4n) is 4.61. The van der Waals surface area contributed by atoms with Gasteiger partial charge in [-0.15, -0.1) is 5.10 Å². The van der Waals surface area contributed by atoms with Gasteiger partial charge in [0.05, 0.1) is 12.8 Å². The molecule has 3 aromatic carbocycles. The van der Waals surface area contributed by atoms with Crippen molar-refractivity contribution in [3.05, 3.63) is 106 Å². The fourth-order valence-corrected chi connectivity index (χ4v) is 4.79. The molecule has 2 N–H and O–H groups in total. The van der Waals surface area contributed by atoms with E-state index < -0.39 is 23.9 Å². The number of benzene rings is 3. The summed E-state index contributed by atoms with van der Waals surface area (Å²) in [7, 11) is 1.15. The Hall–Kier alpha value is -5.36. The summed E-state index contributed by atoms with van der Waals surface area (Å²) < 4.78 is 5.89. The van der Waals surface area contributed by atoms with Crippen molar-refractivity contribution < 1.29 is 23.9 Å². The second kappa shape index (κ2) is 12.4. The van der Waals surface area contributed by atoms with Crippen LogP contribution in [0.3, 0.4) is 0 Å². The van der Waals surface area contributed by atoms with Gasteiger partial charge in [0.2, 0.25) is 5.91 Å². The number of tetrazole rings is 1. The maximum Gasteiger partial charge on any atom is 0.413 e. The molecule has 0 radical (unpaired) electrons. The molecule has 1 atom stereocenters. The maximum atomic E-state index is 13.7. The Kier molecular flexibility index (Phi) is 8.34. The molecule has 212 valence electrons. The minimum atomic E-state index is -0.909. The van der Waals surface area contributed by atoms with Crippen LogP contribution >= 0.6 is 11.6 Å². The van der Waals surface area contributed by atoms with Crippen molar-refractivity contribution in [1.82, 2.24) is 30.4 Å². The second-order valence-electron chi connectivity index (χ2n) is 9.19. The highest BCUT2D eigenvalue weighted by atomic mass is 35.5. The van der Waals surface area contributed by atoms with E-state index in [9.17, 15) is 19.2 Å². The van der Waals surface area contributed by atoms with Crippen molar-refractivity contribution in [3.63, 3.8) is 0 Å². The van der Waals surface area contributed by atoms with Crippen LogP contribution in [0.4, 0.5) is 10.5 Å². The van der Waals surface area contributed by atoms with E-state index in [0.717, 1.165) is 12.7 Å². The number of ether oxygens (including phenoxy) is 1. The molecular formula is C29H24ClN7O5. The van der Waals surface area contributed by atoms with E-state index in [1.54, 1.807) is 24.3 Å². The molecule has 0 fully saturated rings. The first-order chi connectivity index (χ1) is 20.3. The molecular weight excluding hydrogens is 562 g/mol. The number of methoxy groups -OCH3 is 1. The van der Waals surface area contributed by atoms with Gasteiger partial charge in [-0.3, -0.25) is 19.7 Å². The molecule has 1 aliphatic rings. The summed E-state index contributed by atoms with van der Waals surface area (Å²) in [5.74, 6) is -1.44. The van der Waals surface area contributed by atoms with E-state index >= 15 is 0 Å². The third-order valence-electron chi connectivity index (χ3n) is 6.62. The van der Waals surface area contributed by atoms with Crippen LogP contribution in [0.2, 0.25) is 5.02 Å². The smallest absolute Gasteiger partial charge is 0.413 e. The number of carbonyl (C=O) groups is 4. The largest absolute Gasteiger partial charge is 0.453 e. The lowest BCUT2D eigenvalue weighted by molar-refractivity contribution is -0.135. The molecule has 4 amide bonds. The number of hydrogen-bond donors (Lipinski definition) is 2. The van der Waals surface area contributed by atoms with Gasteiger partial charge < -0.3 is 15.0 Å². The summed E-state index contributed by atoms with van der Waals surface area (Å²) in [4.78, 5) is 52.2. The van der Waals surface area contributed by atoms with Gasteiger partial charge in [-0.1, -0.05) is 35.9 Å². The average molecular weight is 586 g/mol. The van der Waals surface area contributed by atoms with E-state index in [4.69, 9.17) is 11.6 Å². The van der Waals surface area contributed by atoms with Gasteiger partial charge in [0.25, 0.3) is 11.8 Å². The molecule has 0 saturated heterocycles. The first-order valence-electron chi connectivity index (χ1n) is 12.7. The average Bonchev–Trinajstić information content (AvgIpc) is 3.54. The molecule has 0 unspecified atom stereocenters. The van der Waals surface area contributed by atoms with Gasteiger partial charge in [-0.25, -0.2) is 4.79 Å². The van der Waals surface area contributed by atoms with Gasteiger partial charge in [-0.05, 0) is 76.5 Å². The van der Waals surface area contributed by atoms with Crippen molar-refractivity contribution in [2.45, 2.75) is 12.5 Å². The van der Waals surface area contributed by atoms with E-state index in [0.29, 0.717) is 40.5 Å². The molecule has 4 aromatic rings. The van der Waals surface area contributed by atoms with Crippen LogP contribution in [0.5, 0.6) is 0 Å². The number of hydrogen-bond acceptors (Lipinski definition) is 8. The van der Waals surface area contributed by atoms with E-state index in [1.165, 1.54) is 46.3 Å². The molecule has 2 heterocycles. The molecule has 0 aliphatic carbocycles. The van der Waals surface area contributed by atoms with Crippen LogP contribution < -0.4 is 10.6 Å². The molecule has 5 rings (SSSR count). The number of fused-ring (bicyclic) bond motifs is 1. The van der Waals surface area contributed by atoms with E-state index in [2.05, 4.69) is 30.9 Å². The van der Waals surface area contributed by atoms with Crippen LogP contribution in [0.15, 0.2) is 79.1 Å². The zero-order valence-electron chi connectivity index (χ0n) is 22.2. The summed E-state index contributed by atoms with van der Waals surface area (Å²) >= 11 is 6.21. The lowest BCUT2D eigenvalue weighted by atomic mass is 9.91. The number of amides is 4. The molecule has 12 nitrogen and oxygen atoms in total. The Bertz CT molecular complexity index is 1670. The zero-order valence-corrected chi connectivity index (χ0v) is 23.0. The molecule has 0 saturated carbocycles. The number of carbonyl (C=O) groups excluding carboxylic acids is 4. The summed E-state index contributed by atoms with van der Waals surface area (Å²) in [5, 5.41) is 16.6. The monoisotopic (exact) mass is 585 g/mol. The standard InChI is InChI=1S/C29H24ClN7O5/c1-42-29(41)33-27(39)19-6-10-22(11-7-19)32-28(40)26-23-5-3-2-4-18(23)14-15-36(26)25(38)13-8-20-16-21(30)9-12-24(20)37-17-31-34-35-37/h2-13,16-17,26H,14-15H2,1H3,(H,32,40)(H,33,39,41)/b13-8+/t26-/m1/s1. The number of alkyl carbamates (subject to hydrolysis) is 1. The molecule has 0 bridgehead atoms. The van der Waals surface area contributed by atoms with Crippen molar-refractivity contribution in [3.8, 4) is 5.69 Å². The number of imide groups is 1. The van der Waals surface area contributed by atoms with Gasteiger partial charge in [0.1, 0.15) is 12.4 Å². The number of anilines is 1. The van der Waals surface area contributed by atoms with Gasteiger partial charge in [-0.2, -0.15) is 4.68 Å². The van der Waals surface area contributed by atoms with Gasteiger partial charge >= 0.3 is 6.09 Å². The summed E-state index contributed by atoms with van der Waals surface area (Å²) in [5.41, 5.74) is 3.52. The minimum absolute atomic E-state index is 0.199. The predicted octanol–water partition coefficient (Wildman–Crippen LogP) is 3.59. The molecule has 1 aliphatic heterocycles. The lowest BCUT2D eigenvalue weighted by Gasteiger charge is -2.35. The van der Waals surface area contributed by atoms with E-state index in [1.807, 2.05) is 24.3 Å². The topological polar surface area (TPSA) is 148 Å². The highest BCUT2D eigenvalue weighted by Crippen LogP contribution is 2.31. The van der Waals surface area contributed by atoms with Crippen LogP contribution in [0.25, 0.3) is 11.8 Å². The van der Waals surface area contributed by atoms with E-state index in [-0.39, 0.29) is 11.5 Å². The summed E-state index contributed by atoms with van der Waals surface area (Å²) in [6, 6.07) is 17.7. The quantitative estimate of drug-likeness (QED) is 0.326. The Balaban J connectivity index is 1.38. The minimum Gasteiger partial charge on any atom is -0.453 e. The number of nitrogens with zero attached hydrogens (tertiary/aromatic N) is 5. The van der Waals surface area contributed by atoms with Crippen LogP contribution in [0, 0.1) is 0 Å². The maximum absolute atomic E-state index is 13.7. The molecule has 1 aromatic heterocycles. The first-order valence-corrected chi connectivity index (χ1v) is 13.1. The highest BCUT2D eigenvalue weighted by Gasteiger charge is 2.35. The normalized spacial score (nSPS) is 14.2. The first kappa shape index (κ1) is 28.2. The van der Waals surface area contributed by atoms with Crippen molar-refractivity contribution in [1.29, 1.82) is 0 Å². The SMILES string of the molecule is COC(=O)NC(=O)c1ccc(NC(=O)[C@H]2c3ccccc3CCN2C(=O)/C=C/c2cc(Cl)ccc2-n2cnnn2)cc1. The molecule has 13 heteroatoms. The third-order valence-corrected chi connectivity index (χ3v) is 6.86. The van der Waals surface area contributed by atoms with Crippen molar-refractivity contribution >= 4 is 47.2 Å². The van der Waals surface area contributed by atoms with Crippen LogP contribution in [0.1, 0.15) is 33.1 Å². The zero-order chi connectivity index (χ0) is 29.6. The van der Waals surface area contributed by atoms with Gasteiger partial charge in [0.15, 0.2) is 0 Å². The molecule has 42 heavy (non-hydrogen) atoms. The number of aromatic nitrogens is 4. The third kappa shape index (κ3) is 6.18. The van der Waals surface area contributed by atoms with Crippen molar-refractivity contribution in [2.75, 3.05) is 19.0 Å². The van der Waals surface area contributed by atoms with Crippen molar-refractivity contribution in [2.24, 2.45) is 0 Å². The van der Waals surface area contributed by atoms with Crippen LogP contribution in [-0.4, -0.2) is 62.6 Å². The van der Waals surface area contributed by atoms with Gasteiger partial charge in [0, 0.05) is 34.5 Å². The second-order valence-corrected chi connectivity index (χ2v) is 9.62. The fraction of sp³-hybridized carbons (Fsp3) is 0.138. The Morgan fingerprint density at radius 3 is 2.57 bits per heavy atom. The molecule has 0 spiro atoms. The highest BCUT2D eigenvalue weighted by molar-refractivity contribution is 6.30. The number of nitrogens with one attached hydrogen (secondary N) is 2. The number of halogens is 1. The Labute approximate surface area is 244 Å². The summed E-state index contributed by atoms with van der Waals surface area (Å²) in [6.07, 6.45) is 4.13. The van der Waals surface area contributed by atoms with Crippen LogP contribution in [-0.2, 0) is 20.7 Å². The Morgan fingerprint density at radius 1 is 1.05 bits per heavy atom. The summed E-state index contributed by atoms with van der Waals surface area (Å²) in [6.45, 7) is 0.320.